The van der Waals surface area contributed by atoms with Crippen molar-refractivity contribution in [3.05, 3.63) is 34.5 Å². The lowest BCUT2D eigenvalue weighted by Crippen LogP contribution is -2.39. The van der Waals surface area contributed by atoms with Crippen LogP contribution in [0.3, 0.4) is 0 Å². The van der Waals surface area contributed by atoms with Crippen LogP contribution in [0.2, 0.25) is 0 Å². The molecule has 1 saturated heterocycles. The van der Waals surface area contributed by atoms with Gasteiger partial charge in [0.25, 0.3) is 0 Å². The van der Waals surface area contributed by atoms with E-state index in [-0.39, 0.29) is 18.4 Å². The first kappa shape index (κ1) is 17.3. The number of nitrogens with zero attached hydrogens (tertiary/aromatic N) is 4. The Balaban J connectivity index is 0.00000169. The van der Waals surface area contributed by atoms with Crippen LogP contribution in [0.4, 0.5) is 5.13 Å². The van der Waals surface area contributed by atoms with E-state index >= 15 is 0 Å². The molecular formula is C14H16ClN5O2S2. The van der Waals surface area contributed by atoms with E-state index in [2.05, 4.69) is 20.0 Å². The Kier molecular flexibility index (Phi) is 5.47. The predicted molar refractivity (Wildman–Crippen MR) is 95.4 cm³/mol. The molecule has 10 heteroatoms. The van der Waals surface area contributed by atoms with Crippen LogP contribution in [0, 0.1) is 0 Å². The number of nitrogens with two attached hydrogens (primary N) is 1. The Bertz CT molecular complexity index is 776. The van der Waals surface area contributed by atoms with Crippen molar-refractivity contribution in [1.82, 2.24) is 20.0 Å². The van der Waals surface area contributed by atoms with Gasteiger partial charge in [-0.3, -0.25) is 4.90 Å². The van der Waals surface area contributed by atoms with Crippen LogP contribution in [-0.2, 0) is 11.3 Å². The van der Waals surface area contributed by atoms with Gasteiger partial charge in [-0.1, -0.05) is 11.2 Å². The largest absolute Gasteiger partial charge is 0.378 e. The highest BCUT2D eigenvalue weighted by molar-refractivity contribution is 7.15. The molecule has 3 aromatic heterocycles. The first-order valence-electron chi connectivity index (χ1n) is 7.19. The average Bonchev–Trinajstić information content (AvgIpc) is 3.28. The molecule has 3 aromatic rings. The zero-order valence-corrected chi connectivity index (χ0v) is 15.1. The van der Waals surface area contributed by atoms with Gasteiger partial charge in [-0.25, -0.2) is 4.98 Å². The molecule has 2 N–H and O–H groups in total. The zero-order valence-electron chi connectivity index (χ0n) is 12.6. The summed E-state index contributed by atoms with van der Waals surface area (Å²) >= 11 is 3.09. The third-order valence-electron chi connectivity index (χ3n) is 3.64. The second-order valence-corrected chi connectivity index (χ2v) is 7.25. The maximum absolute atomic E-state index is 5.71. The molecule has 1 aliphatic rings. The summed E-state index contributed by atoms with van der Waals surface area (Å²) in [5, 5.41) is 6.67. The van der Waals surface area contributed by atoms with Gasteiger partial charge in [-0.05, 0) is 11.4 Å². The van der Waals surface area contributed by atoms with Crippen LogP contribution in [0.15, 0.2) is 28.2 Å². The van der Waals surface area contributed by atoms with Crippen molar-refractivity contribution < 1.29 is 9.26 Å². The van der Waals surface area contributed by atoms with Crippen LogP contribution in [0.5, 0.6) is 0 Å². The van der Waals surface area contributed by atoms with Gasteiger partial charge in [0.2, 0.25) is 11.7 Å². The topological polar surface area (TPSA) is 90.3 Å². The molecule has 0 aliphatic carbocycles. The monoisotopic (exact) mass is 385 g/mol. The number of halogens is 1. The van der Waals surface area contributed by atoms with Crippen molar-refractivity contribution in [3.8, 4) is 10.7 Å². The Morgan fingerprint density at radius 2 is 2.33 bits per heavy atom. The molecular weight excluding hydrogens is 370 g/mol. The van der Waals surface area contributed by atoms with Gasteiger partial charge in [0.1, 0.15) is 6.04 Å². The van der Waals surface area contributed by atoms with Gasteiger partial charge in [-0.2, -0.15) is 4.98 Å². The van der Waals surface area contributed by atoms with Crippen LogP contribution < -0.4 is 5.73 Å². The number of hydrogen-bond acceptors (Lipinski definition) is 9. The fourth-order valence-electron chi connectivity index (χ4n) is 2.53. The quantitative estimate of drug-likeness (QED) is 0.738. The lowest BCUT2D eigenvalue weighted by molar-refractivity contribution is -0.0236. The number of ether oxygens (including phenoxy) is 1. The smallest absolute Gasteiger partial charge is 0.246 e. The molecule has 0 bridgehead atoms. The number of nitrogen functional groups attached to an aromatic ring is 1. The highest BCUT2D eigenvalue weighted by Crippen LogP contribution is 2.29. The van der Waals surface area contributed by atoms with E-state index < -0.39 is 0 Å². The van der Waals surface area contributed by atoms with Crippen LogP contribution in [0.25, 0.3) is 10.7 Å². The third kappa shape index (κ3) is 3.60. The van der Waals surface area contributed by atoms with E-state index in [1.54, 1.807) is 11.3 Å². The lowest BCUT2D eigenvalue weighted by atomic mass is 10.2. The Morgan fingerprint density at radius 1 is 1.42 bits per heavy atom. The highest BCUT2D eigenvalue weighted by atomic mass is 35.5. The number of rotatable bonds is 4. The second-order valence-electron chi connectivity index (χ2n) is 5.16. The van der Waals surface area contributed by atoms with Gasteiger partial charge in [0.05, 0.1) is 18.1 Å². The van der Waals surface area contributed by atoms with E-state index in [1.165, 1.54) is 11.3 Å². The van der Waals surface area contributed by atoms with Gasteiger partial charge in [-0.15, -0.1) is 35.1 Å². The maximum atomic E-state index is 5.71. The van der Waals surface area contributed by atoms with Gasteiger partial charge >= 0.3 is 0 Å². The third-order valence-corrected chi connectivity index (χ3v) is 5.32. The molecule has 0 aromatic carbocycles. The highest BCUT2D eigenvalue weighted by Gasteiger charge is 2.30. The second kappa shape index (κ2) is 7.58. The van der Waals surface area contributed by atoms with Gasteiger partial charge in [0, 0.05) is 24.2 Å². The van der Waals surface area contributed by atoms with Crippen molar-refractivity contribution >= 4 is 40.2 Å². The summed E-state index contributed by atoms with van der Waals surface area (Å²) in [5.74, 6) is 1.22. The van der Waals surface area contributed by atoms with E-state index in [0.717, 1.165) is 22.8 Å². The number of thiazole rings is 1. The number of morpholine rings is 1. The van der Waals surface area contributed by atoms with Crippen molar-refractivity contribution in [2.75, 3.05) is 25.5 Å². The summed E-state index contributed by atoms with van der Waals surface area (Å²) in [6.07, 6.45) is 1.82. The van der Waals surface area contributed by atoms with Crippen LogP contribution >= 0.6 is 35.1 Å². The first-order valence-corrected chi connectivity index (χ1v) is 8.88. The molecule has 0 saturated carbocycles. The molecule has 1 fully saturated rings. The zero-order chi connectivity index (χ0) is 15.6. The van der Waals surface area contributed by atoms with E-state index in [1.807, 2.05) is 23.7 Å². The summed E-state index contributed by atoms with van der Waals surface area (Å²) in [5.41, 5.74) is 5.71. The number of thiophene rings is 1. The van der Waals surface area contributed by atoms with Gasteiger partial charge in [0.15, 0.2) is 5.13 Å². The van der Waals surface area contributed by atoms with Crippen molar-refractivity contribution in [1.29, 1.82) is 0 Å². The number of hydrogen-bond donors (Lipinski definition) is 1. The Hall–Kier alpha value is -1.52. The minimum atomic E-state index is -0.0479. The summed E-state index contributed by atoms with van der Waals surface area (Å²) in [6.45, 7) is 2.79. The van der Waals surface area contributed by atoms with Crippen molar-refractivity contribution in [2.24, 2.45) is 0 Å². The molecule has 4 rings (SSSR count). The fourth-order valence-corrected chi connectivity index (χ4v) is 3.89. The molecule has 128 valence electrons. The molecule has 0 radical (unpaired) electrons. The van der Waals surface area contributed by atoms with E-state index in [4.69, 9.17) is 15.0 Å². The van der Waals surface area contributed by atoms with Crippen molar-refractivity contribution in [3.63, 3.8) is 0 Å². The Labute approximate surface area is 152 Å². The van der Waals surface area contributed by atoms with E-state index in [0.29, 0.717) is 30.1 Å². The first-order chi connectivity index (χ1) is 11.3. The summed E-state index contributed by atoms with van der Waals surface area (Å²) in [7, 11) is 0. The fraction of sp³-hybridized carbons (Fsp3) is 0.357. The molecule has 4 heterocycles. The summed E-state index contributed by atoms with van der Waals surface area (Å²) in [4.78, 5) is 13.0. The van der Waals surface area contributed by atoms with Crippen molar-refractivity contribution in [2.45, 2.75) is 12.6 Å². The normalized spacial score (nSPS) is 18.4. The maximum Gasteiger partial charge on any atom is 0.246 e. The number of anilines is 1. The minimum absolute atomic E-state index is 0. The molecule has 1 aliphatic heterocycles. The molecule has 0 spiro atoms. The Morgan fingerprint density at radius 3 is 3.08 bits per heavy atom. The molecule has 7 nitrogen and oxygen atoms in total. The van der Waals surface area contributed by atoms with Gasteiger partial charge < -0.3 is 15.0 Å². The molecule has 0 amide bonds. The average molecular weight is 386 g/mol. The summed E-state index contributed by atoms with van der Waals surface area (Å²) < 4.78 is 11.1. The predicted octanol–water partition coefficient (Wildman–Crippen LogP) is 2.83. The molecule has 1 atom stereocenters. The summed E-state index contributed by atoms with van der Waals surface area (Å²) in [6, 6.07) is 3.91. The van der Waals surface area contributed by atoms with Crippen LogP contribution in [0.1, 0.15) is 16.8 Å². The number of aromatic nitrogens is 3. The molecule has 1 unspecified atom stereocenters. The molecule has 24 heavy (non-hydrogen) atoms. The SMILES string of the molecule is Cl.Nc1ncc(CN2CCOCC2c2nc(-c3cccs3)no2)s1. The van der Waals surface area contributed by atoms with Crippen LogP contribution in [-0.4, -0.2) is 39.8 Å². The van der Waals surface area contributed by atoms with E-state index in [9.17, 15) is 0 Å². The minimum Gasteiger partial charge on any atom is -0.378 e. The lowest BCUT2D eigenvalue weighted by Gasteiger charge is -2.32. The standard InChI is InChI=1S/C14H15N5O2S2.ClH/c15-14-16-6-9(23-14)7-19-3-4-20-8-10(19)13-17-12(18-21-13)11-2-1-5-22-11;/h1-2,5-6,10H,3-4,7-8H2,(H2,15,16);1H.